The molecule has 104 valence electrons. The van der Waals surface area contributed by atoms with Gasteiger partial charge in [-0.2, -0.15) is 0 Å². The van der Waals surface area contributed by atoms with Crippen molar-refractivity contribution in [1.82, 2.24) is 9.62 Å². The summed E-state index contributed by atoms with van der Waals surface area (Å²) in [5, 5.41) is 2.01. The number of nitrogens with one attached hydrogen (secondary N) is 1. The molecule has 0 aliphatic rings. The van der Waals surface area contributed by atoms with Crippen LogP contribution in [0.25, 0.3) is 0 Å². The molecule has 1 N–H and O–H groups in total. The van der Waals surface area contributed by atoms with Crippen molar-refractivity contribution >= 4 is 21.4 Å². The van der Waals surface area contributed by atoms with E-state index in [9.17, 15) is 8.42 Å². The fourth-order valence-electron chi connectivity index (χ4n) is 1.63. The van der Waals surface area contributed by atoms with Crippen LogP contribution >= 0.6 is 11.3 Å². The van der Waals surface area contributed by atoms with E-state index in [0.29, 0.717) is 13.0 Å². The molecular weight excluding hydrogens is 268 g/mol. The molecule has 0 radical (unpaired) electrons. The van der Waals surface area contributed by atoms with Crippen molar-refractivity contribution in [2.75, 3.05) is 26.4 Å². The van der Waals surface area contributed by atoms with Gasteiger partial charge in [0.1, 0.15) is 0 Å². The molecule has 0 aliphatic carbocycles. The van der Waals surface area contributed by atoms with Crippen LogP contribution in [-0.4, -0.2) is 39.7 Å². The molecule has 18 heavy (non-hydrogen) atoms. The Balaban J connectivity index is 2.59. The van der Waals surface area contributed by atoms with Gasteiger partial charge in [-0.05, 0) is 32.0 Å². The molecule has 1 heterocycles. The number of nitrogens with zero attached hydrogens (tertiary/aromatic N) is 1. The van der Waals surface area contributed by atoms with Gasteiger partial charge >= 0.3 is 0 Å². The Morgan fingerprint density at radius 3 is 2.67 bits per heavy atom. The Labute approximate surface area is 114 Å². The molecule has 6 heteroatoms. The fourth-order valence-corrected chi connectivity index (χ4v) is 3.78. The second-order valence-corrected chi connectivity index (χ2v) is 7.42. The Bertz CT molecular complexity index is 427. The standard InChI is InChI=1S/C12H22N2O2S2/c1-4-5-9-18(15,16)13-10-11(14(2)3)12-7-6-8-17-12/h6-8,11,13H,4-5,9-10H2,1-3H3. The maximum absolute atomic E-state index is 11.8. The molecule has 0 saturated carbocycles. The Morgan fingerprint density at radius 1 is 1.44 bits per heavy atom. The summed E-state index contributed by atoms with van der Waals surface area (Å²) in [6.07, 6.45) is 1.60. The zero-order valence-corrected chi connectivity index (χ0v) is 12.9. The summed E-state index contributed by atoms with van der Waals surface area (Å²) >= 11 is 1.65. The number of rotatable bonds is 8. The third-order valence-electron chi connectivity index (χ3n) is 2.76. The third kappa shape index (κ3) is 5.06. The average Bonchev–Trinajstić information content (AvgIpc) is 2.79. The molecule has 0 fully saturated rings. The second-order valence-electron chi connectivity index (χ2n) is 4.52. The van der Waals surface area contributed by atoms with Gasteiger partial charge in [0.25, 0.3) is 0 Å². The summed E-state index contributed by atoms with van der Waals surface area (Å²) in [5.41, 5.74) is 0. The van der Waals surface area contributed by atoms with Crippen molar-refractivity contribution < 1.29 is 8.42 Å². The number of likely N-dealkylation sites (N-methyl/N-ethyl adjacent to an activating group) is 1. The zero-order chi connectivity index (χ0) is 13.6. The van der Waals surface area contributed by atoms with E-state index in [-0.39, 0.29) is 11.8 Å². The van der Waals surface area contributed by atoms with Gasteiger partial charge in [0, 0.05) is 11.4 Å². The summed E-state index contributed by atoms with van der Waals surface area (Å²) in [6, 6.07) is 4.12. The van der Waals surface area contributed by atoms with Gasteiger partial charge in [0.15, 0.2) is 0 Å². The van der Waals surface area contributed by atoms with Crippen LogP contribution in [0.4, 0.5) is 0 Å². The highest BCUT2D eigenvalue weighted by atomic mass is 32.2. The van der Waals surface area contributed by atoms with Crippen LogP contribution in [0.1, 0.15) is 30.7 Å². The van der Waals surface area contributed by atoms with E-state index in [0.717, 1.165) is 6.42 Å². The Kier molecular flexibility index (Phi) is 6.28. The molecular formula is C12H22N2O2S2. The molecule has 0 aliphatic heterocycles. The fraction of sp³-hybridized carbons (Fsp3) is 0.667. The molecule has 0 bridgehead atoms. The number of hydrogen-bond donors (Lipinski definition) is 1. The Hall–Kier alpha value is -0.430. The molecule has 0 aromatic carbocycles. The number of unbranched alkanes of at least 4 members (excludes halogenated alkanes) is 1. The van der Waals surface area contributed by atoms with E-state index in [2.05, 4.69) is 4.72 Å². The lowest BCUT2D eigenvalue weighted by molar-refractivity contribution is 0.303. The number of sulfonamides is 1. The normalized spacial score (nSPS) is 14.0. The highest BCUT2D eigenvalue weighted by molar-refractivity contribution is 7.89. The van der Waals surface area contributed by atoms with Gasteiger partial charge in [-0.1, -0.05) is 19.4 Å². The first-order chi connectivity index (χ1) is 8.46. The average molecular weight is 290 g/mol. The third-order valence-corrected chi connectivity index (χ3v) is 5.16. The summed E-state index contributed by atoms with van der Waals surface area (Å²) in [4.78, 5) is 3.21. The lowest BCUT2D eigenvalue weighted by Gasteiger charge is -2.23. The summed E-state index contributed by atoms with van der Waals surface area (Å²) in [5.74, 6) is 0.216. The lowest BCUT2D eigenvalue weighted by atomic mass is 10.2. The molecule has 0 amide bonds. The highest BCUT2D eigenvalue weighted by Gasteiger charge is 2.18. The van der Waals surface area contributed by atoms with E-state index < -0.39 is 10.0 Å². The molecule has 1 aromatic rings. The predicted molar refractivity (Wildman–Crippen MR) is 77.4 cm³/mol. The van der Waals surface area contributed by atoms with Gasteiger partial charge in [-0.3, -0.25) is 0 Å². The van der Waals surface area contributed by atoms with Gasteiger partial charge in [0.2, 0.25) is 10.0 Å². The summed E-state index contributed by atoms with van der Waals surface area (Å²) in [7, 11) is 0.791. The maximum atomic E-state index is 11.8. The summed E-state index contributed by atoms with van der Waals surface area (Å²) < 4.78 is 26.2. The smallest absolute Gasteiger partial charge is 0.211 e. The van der Waals surface area contributed by atoms with Crippen LogP contribution in [0.15, 0.2) is 17.5 Å². The van der Waals surface area contributed by atoms with Crippen molar-refractivity contribution in [2.45, 2.75) is 25.8 Å². The van der Waals surface area contributed by atoms with Crippen LogP contribution in [0, 0.1) is 0 Å². The van der Waals surface area contributed by atoms with Crippen LogP contribution in [-0.2, 0) is 10.0 Å². The molecule has 0 spiro atoms. The first kappa shape index (κ1) is 15.6. The van der Waals surface area contributed by atoms with Gasteiger partial charge in [-0.15, -0.1) is 11.3 Å². The maximum Gasteiger partial charge on any atom is 0.211 e. The van der Waals surface area contributed by atoms with Crippen LogP contribution < -0.4 is 4.72 Å². The topological polar surface area (TPSA) is 49.4 Å². The number of hydrogen-bond acceptors (Lipinski definition) is 4. The molecule has 4 nitrogen and oxygen atoms in total. The largest absolute Gasteiger partial charge is 0.300 e. The minimum atomic E-state index is -3.14. The van der Waals surface area contributed by atoms with Crippen molar-refractivity contribution in [3.63, 3.8) is 0 Å². The van der Waals surface area contributed by atoms with Gasteiger partial charge < -0.3 is 4.90 Å². The van der Waals surface area contributed by atoms with E-state index in [1.54, 1.807) is 11.3 Å². The zero-order valence-electron chi connectivity index (χ0n) is 11.2. The van der Waals surface area contributed by atoms with Crippen LogP contribution in [0.3, 0.4) is 0 Å². The quantitative estimate of drug-likeness (QED) is 0.797. The first-order valence-corrected chi connectivity index (χ1v) is 8.66. The molecule has 1 rings (SSSR count). The van der Waals surface area contributed by atoms with E-state index >= 15 is 0 Å². The second kappa shape index (κ2) is 7.23. The minimum Gasteiger partial charge on any atom is -0.300 e. The molecule has 1 aromatic heterocycles. The van der Waals surface area contributed by atoms with Crippen molar-refractivity contribution in [1.29, 1.82) is 0 Å². The van der Waals surface area contributed by atoms with Crippen molar-refractivity contribution in [3.8, 4) is 0 Å². The highest BCUT2D eigenvalue weighted by Crippen LogP contribution is 2.22. The van der Waals surface area contributed by atoms with Gasteiger partial charge in [0.05, 0.1) is 11.8 Å². The monoisotopic (exact) mass is 290 g/mol. The van der Waals surface area contributed by atoms with E-state index in [4.69, 9.17) is 0 Å². The van der Waals surface area contributed by atoms with Crippen molar-refractivity contribution in [3.05, 3.63) is 22.4 Å². The van der Waals surface area contributed by atoms with Crippen molar-refractivity contribution in [2.24, 2.45) is 0 Å². The Morgan fingerprint density at radius 2 is 2.17 bits per heavy atom. The number of thiophene rings is 1. The van der Waals surface area contributed by atoms with Crippen LogP contribution in [0.5, 0.6) is 0 Å². The van der Waals surface area contributed by atoms with E-state index in [1.807, 2.05) is 43.4 Å². The van der Waals surface area contributed by atoms with Crippen LogP contribution in [0.2, 0.25) is 0 Å². The SMILES string of the molecule is CCCCS(=O)(=O)NCC(c1cccs1)N(C)C. The molecule has 1 atom stereocenters. The van der Waals surface area contributed by atoms with Gasteiger partial charge in [-0.25, -0.2) is 13.1 Å². The predicted octanol–water partition coefficient (Wildman–Crippen LogP) is 2.07. The lowest BCUT2D eigenvalue weighted by Crippen LogP contribution is -2.35. The summed E-state index contributed by atoms with van der Waals surface area (Å²) in [6.45, 7) is 2.42. The molecule has 1 unspecified atom stereocenters. The minimum absolute atomic E-state index is 0.0985. The van der Waals surface area contributed by atoms with E-state index in [1.165, 1.54) is 4.88 Å². The first-order valence-electron chi connectivity index (χ1n) is 6.13. The molecule has 0 saturated heterocycles.